The van der Waals surface area contributed by atoms with Crippen LogP contribution in [0.25, 0.3) is 0 Å². The number of thioether (sulfide) groups is 1. The molecule has 0 bridgehead atoms. The molecule has 17 heavy (non-hydrogen) atoms. The van der Waals surface area contributed by atoms with Crippen molar-refractivity contribution in [1.29, 1.82) is 0 Å². The van der Waals surface area contributed by atoms with Crippen molar-refractivity contribution in [2.45, 2.75) is 49.7 Å². The van der Waals surface area contributed by atoms with E-state index in [1.807, 2.05) is 4.68 Å². The summed E-state index contributed by atoms with van der Waals surface area (Å²) in [6.45, 7) is 0. The van der Waals surface area contributed by atoms with E-state index in [0.29, 0.717) is 11.8 Å². The Kier molecular flexibility index (Phi) is 4.36. The number of hydrogen-bond donors (Lipinski definition) is 1. The number of hydrogen-bond acceptors (Lipinski definition) is 5. The van der Waals surface area contributed by atoms with Crippen molar-refractivity contribution in [3.63, 3.8) is 0 Å². The van der Waals surface area contributed by atoms with E-state index in [9.17, 15) is 4.79 Å². The quantitative estimate of drug-likeness (QED) is 0.808. The molecule has 6 nitrogen and oxygen atoms in total. The number of carboxylic acids is 1. The van der Waals surface area contributed by atoms with Crippen LogP contribution in [0.4, 0.5) is 0 Å². The van der Waals surface area contributed by atoms with E-state index in [1.54, 1.807) is 0 Å². The van der Waals surface area contributed by atoms with Crippen LogP contribution in [0.5, 0.6) is 0 Å². The van der Waals surface area contributed by atoms with Gasteiger partial charge in [-0.3, -0.25) is 4.79 Å². The zero-order valence-corrected chi connectivity index (χ0v) is 10.4. The smallest absolute Gasteiger partial charge is 0.304 e. The molecule has 1 aromatic heterocycles. The highest BCUT2D eigenvalue weighted by Gasteiger charge is 2.20. The summed E-state index contributed by atoms with van der Waals surface area (Å²) in [4.78, 5) is 10.4. The largest absolute Gasteiger partial charge is 0.481 e. The maximum absolute atomic E-state index is 10.4. The predicted molar refractivity (Wildman–Crippen MR) is 62.9 cm³/mol. The van der Waals surface area contributed by atoms with E-state index in [-0.39, 0.29) is 6.42 Å². The second-order valence-electron chi connectivity index (χ2n) is 4.19. The fourth-order valence-corrected chi connectivity index (χ4v) is 2.94. The molecule has 2 rings (SSSR count). The third-order valence-electron chi connectivity index (χ3n) is 2.93. The van der Waals surface area contributed by atoms with Crippen LogP contribution in [0.2, 0.25) is 0 Å². The van der Waals surface area contributed by atoms with Crippen LogP contribution in [0.15, 0.2) is 5.16 Å². The van der Waals surface area contributed by atoms with Gasteiger partial charge >= 0.3 is 5.97 Å². The molecule has 1 fully saturated rings. The molecule has 1 aliphatic rings. The summed E-state index contributed by atoms with van der Waals surface area (Å²) >= 11 is 1.42. The molecule has 0 aliphatic heterocycles. The van der Waals surface area contributed by atoms with Crippen molar-refractivity contribution < 1.29 is 9.90 Å². The average molecular weight is 256 g/mol. The molecule has 1 aromatic rings. The van der Waals surface area contributed by atoms with E-state index in [0.717, 1.165) is 18.0 Å². The van der Waals surface area contributed by atoms with Crippen LogP contribution in [0.1, 0.15) is 44.6 Å². The number of aliphatic carboxylic acids is 1. The molecular weight excluding hydrogens is 240 g/mol. The van der Waals surface area contributed by atoms with Crippen LogP contribution in [-0.2, 0) is 4.79 Å². The normalized spacial score (nSPS) is 17.2. The van der Waals surface area contributed by atoms with Gasteiger partial charge in [-0.2, -0.15) is 0 Å². The minimum atomic E-state index is -0.783. The fourth-order valence-electron chi connectivity index (χ4n) is 2.06. The molecule has 0 radical (unpaired) electrons. The first-order valence-electron chi connectivity index (χ1n) is 5.90. The number of carboxylic acid groups (broad SMARTS) is 1. The van der Waals surface area contributed by atoms with E-state index < -0.39 is 5.97 Å². The highest BCUT2D eigenvalue weighted by Crippen LogP contribution is 2.30. The lowest BCUT2D eigenvalue weighted by Gasteiger charge is -2.21. The topological polar surface area (TPSA) is 80.9 Å². The molecule has 1 heterocycles. The van der Waals surface area contributed by atoms with Crippen molar-refractivity contribution in [3.05, 3.63) is 0 Å². The molecule has 0 amide bonds. The van der Waals surface area contributed by atoms with Gasteiger partial charge in [-0.1, -0.05) is 31.0 Å². The van der Waals surface area contributed by atoms with Gasteiger partial charge < -0.3 is 5.11 Å². The van der Waals surface area contributed by atoms with Gasteiger partial charge in [0.1, 0.15) is 0 Å². The summed E-state index contributed by atoms with van der Waals surface area (Å²) in [6, 6.07) is 0.395. The van der Waals surface area contributed by atoms with E-state index >= 15 is 0 Å². The minimum Gasteiger partial charge on any atom is -0.481 e. The molecule has 0 aromatic carbocycles. The molecule has 0 spiro atoms. The molecule has 7 heteroatoms. The second-order valence-corrected chi connectivity index (χ2v) is 5.25. The molecule has 0 saturated heterocycles. The van der Waals surface area contributed by atoms with Gasteiger partial charge in [-0.25, -0.2) is 4.68 Å². The van der Waals surface area contributed by atoms with Crippen LogP contribution in [0, 0.1) is 0 Å². The summed E-state index contributed by atoms with van der Waals surface area (Å²) < 4.78 is 1.87. The van der Waals surface area contributed by atoms with Crippen molar-refractivity contribution in [3.8, 4) is 0 Å². The highest BCUT2D eigenvalue weighted by atomic mass is 32.2. The van der Waals surface area contributed by atoms with Crippen molar-refractivity contribution >= 4 is 17.7 Å². The third kappa shape index (κ3) is 3.42. The Morgan fingerprint density at radius 3 is 2.88 bits per heavy atom. The molecule has 1 N–H and O–H groups in total. The summed E-state index contributed by atoms with van der Waals surface area (Å²) in [7, 11) is 0. The van der Waals surface area contributed by atoms with Crippen molar-refractivity contribution in [2.75, 3.05) is 5.75 Å². The molecule has 1 saturated carbocycles. The monoisotopic (exact) mass is 256 g/mol. The lowest BCUT2D eigenvalue weighted by Crippen LogP contribution is -2.15. The Bertz CT molecular complexity index is 376. The molecular formula is C10H16N4O2S. The van der Waals surface area contributed by atoms with Gasteiger partial charge in [0.25, 0.3) is 0 Å². The molecule has 94 valence electrons. The Hall–Kier alpha value is -1.11. The average Bonchev–Trinajstić information content (AvgIpc) is 2.78. The Morgan fingerprint density at radius 2 is 2.18 bits per heavy atom. The number of rotatable bonds is 5. The highest BCUT2D eigenvalue weighted by molar-refractivity contribution is 7.99. The first kappa shape index (κ1) is 12.3. The van der Waals surface area contributed by atoms with Gasteiger partial charge in [0, 0.05) is 5.75 Å². The Labute approximate surface area is 104 Å². The zero-order valence-electron chi connectivity index (χ0n) is 9.58. The minimum absolute atomic E-state index is 0.141. The van der Waals surface area contributed by atoms with Crippen molar-refractivity contribution in [2.24, 2.45) is 0 Å². The standard InChI is InChI=1S/C10H16N4O2S/c15-9(16)6-7-17-10-11-12-13-14(10)8-4-2-1-3-5-8/h8H,1-7H2,(H,15,16). The summed E-state index contributed by atoms with van der Waals surface area (Å²) in [5.74, 6) is -0.267. The maximum atomic E-state index is 10.4. The van der Waals surface area contributed by atoms with Gasteiger partial charge in [-0.15, -0.1) is 5.10 Å². The number of aromatic nitrogens is 4. The van der Waals surface area contributed by atoms with E-state index in [2.05, 4.69) is 15.5 Å². The van der Waals surface area contributed by atoms with E-state index in [4.69, 9.17) is 5.11 Å². The van der Waals surface area contributed by atoms with Crippen LogP contribution in [0.3, 0.4) is 0 Å². The lowest BCUT2D eigenvalue weighted by atomic mass is 9.96. The number of tetrazole rings is 1. The van der Waals surface area contributed by atoms with Gasteiger partial charge in [0.15, 0.2) is 0 Å². The lowest BCUT2D eigenvalue weighted by molar-refractivity contribution is -0.136. The van der Waals surface area contributed by atoms with Crippen LogP contribution < -0.4 is 0 Å². The second kappa shape index (κ2) is 6.00. The SMILES string of the molecule is O=C(O)CCSc1nnnn1C1CCCCC1. The molecule has 0 unspecified atom stereocenters. The first-order valence-corrected chi connectivity index (χ1v) is 6.88. The zero-order chi connectivity index (χ0) is 12.1. The molecule has 0 atom stereocenters. The van der Waals surface area contributed by atoms with Gasteiger partial charge in [0.05, 0.1) is 12.5 Å². The number of nitrogens with zero attached hydrogens (tertiary/aromatic N) is 4. The maximum Gasteiger partial charge on any atom is 0.304 e. The number of carbonyl (C=O) groups is 1. The van der Waals surface area contributed by atoms with Crippen LogP contribution in [-0.4, -0.2) is 37.0 Å². The van der Waals surface area contributed by atoms with Crippen LogP contribution >= 0.6 is 11.8 Å². The summed E-state index contributed by atoms with van der Waals surface area (Å²) in [5.41, 5.74) is 0. The summed E-state index contributed by atoms with van der Waals surface area (Å²) in [6.07, 6.45) is 6.13. The van der Waals surface area contributed by atoms with Crippen molar-refractivity contribution in [1.82, 2.24) is 20.2 Å². The third-order valence-corrected chi connectivity index (χ3v) is 3.87. The Morgan fingerprint density at radius 1 is 1.41 bits per heavy atom. The fraction of sp³-hybridized carbons (Fsp3) is 0.800. The van der Waals surface area contributed by atoms with E-state index in [1.165, 1.54) is 31.0 Å². The first-order chi connectivity index (χ1) is 8.27. The Balaban J connectivity index is 1.93. The van der Waals surface area contributed by atoms with Gasteiger partial charge in [-0.05, 0) is 23.3 Å². The van der Waals surface area contributed by atoms with Gasteiger partial charge in [0.2, 0.25) is 5.16 Å². The predicted octanol–water partition coefficient (Wildman–Crippen LogP) is 1.75. The summed E-state index contributed by atoms with van der Waals surface area (Å²) in [5, 5.41) is 21.0. The molecule has 1 aliphatic carbocycles.